The lowest BCUT2D eigenvalue weighted by atomic mass is 9.98. The van der Waals surface area contributed by atoms with E-state index in [4.69, 9.17) is 10.5 Å². The van der Waals surface area contributed by atoms with Crippen molar-refractivity contribution in [1.82, 2.24) is 0 Å². The number of carbonyl (C=O) groups excluding carboxylic acids is 1. The molecule has 0 aromatic heterocycles. The second-order valence-electron chi connectivity index (χ2n) is 4.99. The highest BCUT2D eigenvalue weighted by molar-refractivity contribution is 5.85. The average Bonchev–Trinajstić information content (AvgIpc) is 3.01. The van der Waals surface area contributed by atoms with Crippen molar-refractivity contribution in [3.63, 3.8) is 0 Å². The number of ether oxygens (including phenoxy) is 1. The minimum absolute atomic E-state index is 0.0142. The number of methoxy groups -OCH3 is 1. The molecule has 3 aliphatic carbocycles. The maximum atomic E-state index is 11.6. The molecule has 0 saturated heterocycles. The third-order valence-electron chi connectivity index (χ3n) is 4.92. The van der Waals surface area contributed by atoms with Gasteiger partial charge in [0.1, 0.15) is 0 Å². The van der Waals surface area contributed by atoms with Gasteiger partial charge in [-0.25, -0.2) is 0 Å². The fourth-order valence-electron chi connectivity index (χ4n) is 3.97. The zero-order chi connectivity index (χ0) is 9.32. The molecule has 72 valence electrons. The molecule has 3 saturated carbocycles. The SMILES string of the molecule is COC(=O)C12CCC3(CN)CC31C2. The summed E-state index contributed by atoms with van der Waals surface area (Å²) < 4.78 is 4.88. The van der Waals surface area contributed by atoms with Crippen molar-refractivity contribution in [1.29, 1.82) is 0 Å². The fraction of sp³-hybridized carbons (Fsp3) is 0.900. The van der Waals surface area contributed by atoms with Crippen molar-refractivity contribution >= 4 is 5.97 Å². The van der Waals surface area contributed by atoms with E-state index in [9.17, 15) is 4.79 Å². The highest BCUT2D eigenvalue weighted by Gasteiger charge is 2.92. The van der Waals surface area contributed by atoms with Gasteiger partial charge in [-0.3, -0.25) is 4.79 Å². The summed E-state index contributed by atoms with van der Waals surface area (Å²) in [6, 6.07) is 0. The summed E-state index contributed by atoms with van der Waals surface area (Å²) in [5, 5.41) is 0. The summed E-state index contributed by atoms with van der Waals surface area (Å²) in [5.41, 5.74) is 6.30. The lowest BCUT2D eigenvalue weighted by Gasteiger charge is -2.10. The molecule has 13 heavy (non-hydrogen) atoms. The van der Waals surface area contributed by atoms with E-state index in [1.807, 2.05) is 0 Å². The number of rotatable bonds is 2. The molecule has 0 bridgehead atoms. The smallest absolute Gasteiger partial charge is 0.312 e. The van der Waals surface area contributed by atoms with Crippen LogP contribution in [-0.2, 0) is 9.53 Å². The van der Waals surface area contributed by atoms with E-state index in [0.717, 1.165) is 25.8 Å². The molecule has 3 nitrogen and oxygen atoms in total. The van der Waals surface area contributed by atoms with E-state index in [2.05, 4.69) is 0 Å². The number of esters is 1. The molecule has 3 aliphatic rings. The Morgan fingerprint density at radius 1 is 1.46 bits per heavy atom. The molecule has 0 radical (unpaired) electrons. The summed E-state index contributed by atoms with van der Waals surface area (Å²) >= 11 is 0. The number of carbonyl (C=O) groups is 1. The summed E-state index contributed by atoms with van der Waals surface area (Å²) in [5.74, 6) is 0.0142. The minimum Gasteiger partial charge on any atom is -0.469 e. The molecule has 0 aromatic rings. The first kappa shape index (κ1) is 7.80. The third kappa shape index (κ3) is 0.539. The van der Waals surface area contributed by atoms with Crippen molar-refractivity contribution in [2.75, 3.05) is 13.7 Å². The van der Waals surface area contributed by atoms with Gasteiger partial charge in [-0.2, -0.15) is 0 Å². The molecule has 2 N–H and O–H groups in total. The molecule has 3 unspecified atom stereocenters. The van der Waals surface area contributed by atoms with Crippen molar-refractivity contribution in [2.24, 2.45) is 22.0 Å². The van der Waals surface area contributed by atoms with Gasteiger partial charge in [0.25, 0.3) is 0 Å². The lowest BCUT2D eigenvalue weighted by Crippen LogP contribution is -2.18. The van der Waals surface area contributed by atoms with Crippen molar-refractivity contribution in [3.05, 3.63) is 0 Å². The Labute approximate surface area is 77.6 Å². The first-order valence-corrected chi connectivity index (χ1v) is 4.95. The number of hydrogen-bond donors (Lipinski definition) is 1. The first-order chi connectivity index (χ1) is 6.16. The molecule has 3 atom stereocenters. The molecule has 0 aliphatic heterocycles. The number of nitrogens with two attached hydrogens (primary N) is 1. The Bertz CT molecular complexity index is 295. The summed E-state index contributed by atoms with van der Waals surface area (Å²) in [7, 11) is 1.49. The van der Waals surface area contributed by atoms with E-state index in [0.29, 0.717) is 10.8 Å². The van der Waals surface area contributed by atoms with Gasteiger partial charge in [0.2, 0.25) is 0 Å². The topological polar surface area (TPSA) is 52.3 Å². The van der Waals surface area contributed by atoms with E-state index in [-0.39, 0.29) is 11.4 Å². The molecular formula is C10H15NO2. The summed E-state index contributed by atoms with van der Waals surface area (Å²) in [6.07, 6.45) is 4.37. The molecule has 0 aromatic carbocycles. The predicted molar refractivity (Wildman–Crippen MR) is 46.8 cm³/mol. The van der Waals surface area contributed by atoms with Crippen LogP contribution in [0, 0.1) is 16.2 Å². The van der Waals surface area contributed by atoms with Gasteiger partial charge in [-0.05, 0) is 43.1 Å². The van der Waals surface area contributed by atoms with Crippen LogP contribution in [0.4, 0.5) is 0 Å². The van der Waals surface area contributed by atoms with Crippen molar-refractivity contribution < 1.29 is 9.53 Å². The van der Waals surface area contributed by atoms with Gasteiger partial charge in [-0.1, -0.05) is 0 Å². The van der Waals surface area contributed by atoms with Crippen LogP contribution in [0.2, 0.25) is 0 Å². The van der Waals surface area contributed by atoms with Gasteiger partial charge in [0, 0.05) is 0 Å². The summed E-state index contributed by atoms with van der Waals surface area (Å²) in [4.78, 5) is 11.6. The number of hydrogen-bond acceptors (Lipinski definition) is 3. The minimum atomic E-state index is -0.0961. The van der Waals surface area contributed by atoms with Gasteiger partial charge in [-0.15, -0.1) is 0 Å². The maximum Gasteiger partial charge on any atom is 0.312 e. The monoisotopic (exact) mass is 181 g/mol. The fourth-order valence-corrected chi connectivity index (χ4v) is 3.97. The molecule has 0 amide bonds. The zero-order valence-electron chi connectivity index (χ0n) is 7.93. The van der Waals surface area contributed by atoms with Crippen LogP contribution in [-0.4, -0.2) is 19.6 Å². The molecule has 3 fully saturated rings. The van der Waals surface area contributed by atoms with E-state index < -0.39 is 0 Å². The molecule has 3 heteroatoms. The molecule has 3 rings (SSSR count). The van der Waals surface area contributed by atoms with Crippen molar-refractivity contribution in [2.45, 2.75) is 25.7 Å². The van der Waals surface area contributed by atoms with Crippen LogP contribution in [0.25, 0.3) is 0 Å². The highest BCUT2D eigenvalue weighted by atomic mass is 16.5. The first-order valence-electron chi connectivity index (χ1n) is 4.95. The van der Waals surface area contributed by atoms with Crippen LogP contribution in [0.5, 0.6) is 0 Å². The van der Waals surface area contributed by atoms with Crippen LogP contribution in [0.15, 0.2) is 0 Å². The van der Waals surface area contributed by atoms with E-state index in [1.165, 1.54) is 13.5 Å². The Balaban J connectivity index is 1.91. The van der Waals surface area contributed by atoms with Crippen molar-refractivity contribution in [3.8, 4) is 0 Å². The van der Waals surface area contributed by atoms with Gasteiger partial charge < -0.3 is 10.5 Å². The molecule has 0 heterocycles. The summed E-state index contributed by atoms with van der Waals surface area (Å²) in [6.45, 7) is 0.756. The third-order valence-corrected chi connectivity index (χ3v) is 4.92. The van der Waals surface area contributed by atoms with E-state index in [1.54, 1.807) is 0 Å². The van der Waals surface area contributed by atoms with Gasteiger partial charge in [0.05, 0.1) is 12.5 Å². The van der Waals surface area contributed by atoms with Crippen LogP contribution < -0.4 is 5.73 Å². The second-order valence-corrected chi connectivity index (χ2v) is 4.99. The predicted octanol–water partition coefficient (Wildman–Crippen LogP) is 0.678. The average molecular weight is 181 g/mol. The Hall–Kier alpha value is -0.570. The zero-order valence-corrected chi connectivity index (χ0v) is 7.93. The van der Waals surface area contributed by atoms with Crippen LogP contribution in [0.1, 0.15) is 25.7 Å². The molecular weight excluding hydrogens is 166 g/mol. The quantitative estimate of drug-likeness (QED) is 0.637. The second kappa shape index (κ2) is 1.78. The lowest BCUT2D eigenvalue weighted by molar-refractivity contribution is -0.147. The Morgan fingerprint density at radius 3 is 2.62 bits per heavy atom. The van der Waals surface area contributed by atoms with E-state index >= 15 is 0 Å². The largest absolute Gasteiger partial charge is 0.469 e. The maximum absolute atomic E-state index is 11.6. The van der Waals surface area contributed by atoms with Gasteiger partial charge >= 0.3 is 5.97 Å². The van der Waals surface area contributed by atoms with Gasteiger partial charge in [0.15, 0.2) is 0 Å². The van der Waals surface area contributed by atoms with Crippen LogP contribution >= 0.6 is 0 Å². The highest BCUT2D eigenvalue weighted by Crippen LogP contribution is 2.94. The standard InChI is InChI=1S/C10H15NO2/c1-13-7(12)9-3-2-8(6-11)4-10(8,9)5-9/h2-6,11H2,1H3. The van der Waals surface area contributed by atoms with Crippen LogP contribution in [0.3, 0.4) is 0 Å². The normalized spacial score (nSPS) is 55.2. The Kier molecular flexibility index (Phi) is 1.07. The molecule has 1 spiro atoms. The Morgan fingerprint density at radius 2 is 2.23 bits per heavy atom.